The number of fused-ring (bicyclic) bond motifs is 1. The van der Waals surface area contributed by atoms with Gasteiger partial charge in [-0.2, -0.15) is 0 Å². The van der Waals surface area contributed by atoms with E-state index in [4.69, 9.17) is 11.6 Å². The largest absolute Gasteiger partial charge is 0.322 e. The summed E-state index contributed by atoms with van der Waals surface area (Å²) < 4.78 is 0. The highest BCUT2D eigenvalue weighted by molar-refractivity contribution is 6.31. The van der Waals surface area contributed by atoms with Gasteiger partial charge in [-0.1, -0.05) is 23.7 Å². The third-order valence-corrected chi connectivity index (χ3v) is 5.22. The van der Waals surface area contributed by atoms with Crippen LogP contribution >= 0.6 is 11.6 Å². The molecule has 0 fully saturated rings. The van der Waals surface area contributed by atoms with Crippen molar-refractivity contribution < 1.29 is 14.4 Å². The lowest BCUT2D eigenvalue weighted by molar-refractivity contribution is 0.0642. The second kappa shape index (κ2) is 7.48. The molecule has 1 N–H and O–H groups in total. The Morgan fingerprint density at radius 3 is 2.62 bits per heavy atom. The number of hydrogen-bond donors (Lipinski definition) is 1. The van der Waals surface area contributed by atoms with Crippen molar-refractivity contribution in [1.82, 2.24) is 9.88 Å². The molecule has 0 saturated carbocycles. The number of carbonyl (C=O) groups is 3. The fourth-order valence-electron chi connectivity index (χ4n) is 3.19. The molecule has 3 amide bonds. The molecule has 0 atom stereocenters. The zero-order chi connectivity index (χ0) is 20.5. The van der Waals surface area contributed by atoms with Crippen molar-refractivity contribution in [3.8, 4) is 0 Å². The minimum absolute atomic E-state index is 0.128. The highest BCUT2D eigenvalue weighted by Crippen LogP contribution is 2.27. The van der Waals surface area contributed by atoms with Crippen molar-refractivity contribution in [2.45, 2.75) is 13.5 Å². The van der Waals surface area contributed by atoms with Gasteiger partial charge in [0.2, 0.25) is 0 Å². The monoisotopic (exact) mass is 405 g/mol. The van der Waals surface area contributed by atoms with Crippen molar-refractivity contribution in [3.63, 3.8) is 0 Å². The van der Waals surface area contributed by atoms with Gasteiger partial charge in [0.15, 0.2) is 0 Å². The van der Waals surface area contributed by atoms with E-state index < -0.39 is 5.91 Å². The van der Waals surface area contributed by atoms with E-state index in [1.54, 1.807) is 49.6 Å². The van der Waals surface area contributed by atoms with Crippen LogP contribution < -0.4 is 5.32 Å². The van der Waals surface area contributed by atoms with Crippen molar-refractivity contribution in [3.05, 3.63) is 93.8 Å². The number of imide groups is 1. The third kappa shape index (κ3) is 3.50. The maximum atomic E-state index is 12.8. The lowest BCUT2D eigenvalue weighted by Crippen LogP contribution is -2.29. The fraction of sp³-hybridized carbons (Fsp3) is 0.0909. The fourth-order valence-corrected chi connectivity index (χ4v) is 3.36. The second-order valence-corrected chi connectivity index (χ2v) is 7.09. The molecular formula is C22H16ClN3O3. The molecule has 1 aliphatic rings. The molecule has 2 aromatic carbocycles. The SMILES string of the molecule is Cc1c(Cl)cccc1NC(=O)c1ccc2c(c1)C(=O)N(Cc1cccnc1)C2=O. The van der Waals surface area contributed by atoms with E-state index in [1.807, 2.05) is 0 Å². The number of nitrogens with one attached hydrogen (secondary N) is 1. The quantitative estimate of drug-likeness (QED) is 0.663. The number of anilines is 1. The number of halogens is 1. The molecule has 0 spiro atoms. The first-order valence-corrected chi connectivity index (χ1v) is 9.29. The van der Waals surface area contributed by atoms with Gasteiger partial charge in [-0.15, -0.1) is 0 Å². The first-order valence-electron chi connectivity index (χ1n) is 8.91. The van der Waals surface area contributed by atoms with E-state index in [0.717, 1.165) is 16.0 Å². The summed E-state index contributed by atoms with van der Waals surface area (Å²) in [5.74, 6) is -1.20. The summed E-state index contributed by atoms with van der Waals surface area (Å²) in [6.07, 6.45) is 3.23. The van der Waals surface area contributed by atoms with Gasteiger partial charge in [0, 0.05) is 28.7 Å². The number of rotatable bonds is 4. The number of hydrogen-bond acceptors (Lipinski definition) is 4. The van der Waals surface area contributed by atoms with E-state index in [1.165, 1.54) is 18.2 Å². The Kier molecular flexibility index (Phi) is 4.86. The van der Waals surface area contributed by atoms with Gasteiger partial charge in [-0.25, -0.2) is 0 Å². The first kappa shape index (κ1) is 18.8. The minimum atomic E-state index is -0.428. The zero-order valence-electron chi connectivity index (χ0n) is 15.5. The number of nitrogens with zero attached hydrogens (tertiary/aromatic N) is 2. The molecule has 0 radical (unpaired) electrons. The Labute approximate surface area is 172 Å². The highest BCUT2D eigenvalue weighted by atomic mass is 35.5. The van der Waals surface area contributed by atoms with E-state index in [9.17, 15) is 14.4 Å². The lowest BCUT2D eigenvalue weighted by Gasteiger charge is -2.13. The minimum Gasteiger partial charge on any atom is -0.322 e. The van der Waals surface area contributed by atoms with Crippen LogP contribution in [0, 0.1) is 6.92 Å². The predicted molar refractivity (Wildman–Crippen MR) is 109 cm³/mol. The van der Waals surface area contributed by atoms with Crippen LogP contribution in [0.3, 0.4) is 0 Å². The Balaban J connectivity index is 1.58. The predicted octanol–water partition coefficient (Wildman–Crippen LogP) is 4.09. The van der Waals surface area contributed by atoms with Crippen molar-refractivity contribution in [2.24, 2.45) is 0 Å². The van der Waals surface area contributed by atoms with Crippen LogP contribution in [0.25, 0.3) is 0 Å². The Bertz CT molecular complexity index is 1150. The summed E-state index contributed by atoms with van der Waals surface area (Å²) in [6, 6.07) is 13.3. The molecule has 3 aromatic rings. The lowest BCUT2D eigenvalue weighted by atomic mass is 10.0. The van der Waals surface area contributed by atoms with E-state index >= 15 is 0 Å². The molecule has 29 heavy (non-hydrogen) atoms. The summed E-state index contributed by atoms with van der Waals surface area (Å²) in [7, 11) is 0. The smallest absolute Gasteiger partial charge is 0.261 e. The molecule has 1 aliphatic heterocycles. The molecular weight excluding hydrogens is 390 g/mol. The van der Waals surface area contributed by atoms with Gasteiger partial charge in [0.1, 0.15) is 0 Å². The number of carbonyl (C=O) groups excluding carboxylic acids is 3. The molecule has 6 nitrogen and oxygen atoms in total. The summed E-state index contributed by atoms with van der Waals surface area (Å²) in [4.78, 5) is 43.2. The standard InChI is InChI=1S/C22H16ClN3O3/c1-13-18(23)5-2-6-19(13)25-20(27)15-7-8-16-17(10-15)22(29)26(21(16)28)12-14-4-3-9-24-11-14/h2-11H,12H2,1H3,(H,25,27). The van der Waals surface area contributed by atoms with Gasteiger partial charge in [0.05, 0.1) is 17.7 Å². The van der Waals surface area contributed by atoms with Crippen molar-refractivity contribution in [1.29, 1.82) is 0 Å². The molecule has 144 valence electrons. The van der Waals surface area contributed by atoms with Crippen LogP contribution in [0.5, 0.6) is 0 Å². The molecule has 4 rings (SSSR count). The van der Waals surface area contributed by atoms with Gasteiger partial charge in [0.25, 0.3) is 17.7 Å². The van der Waals surface area contributed by atoms with E-state index in [2.05, 4.69) is 10.3 Å². The van der Waals surface area contributed by atoms with E-state index in [0.29, 0.717) is 10.7 Å². The van der Waals surface area contributed by atoms with Crippen LogP contribution in [0.15, 0.2) is 60.9 Å². The van der Waals surface area contributed by atoms with Crippen LogP contribution in [0.4, 0.5) is 5.69 Å². The van der Waals surface area contributed by atoms with Crippen LogP contribution in [0.2, 0.25) is 5.02 Å². The van der Waals surface area contributed by atoms with Gasteiger partial charge < -0.3 is 5.32 Å². The number of aromatic nitrogens is 1. The Morgan fingerprint density at radius 2 is 1.86 bits per heavy atom. The van der Waals surface area contributed by atoms with Crippen LogP contribution in [-0.4, -0.2) is 27.6 Å². The average Bonchev–Trinajstić information content (AvgIpc) is 2.96. The summed E-state index contributed by atoms with van der Waals surface area (Å²) >= 11 is 6.09. The summed E-state index contributed by atoms with van der Waals surface area (Å²) in [5.41, 5.74) is 2.87. The number of amides is 3. The molecule has 0 unspecified atom stereocenters. The van der Waals surface area contributed by atoms with Crippen molar-refractivity contribution in [2.75, 3.05) is 5.32 Å². The summed E-state index contributed by atoms with van der Waals surface area (Å²) in [6.45, 7) is 1.93. The molecule has 0 saturated heterocycles. The number of benzene rings is 2. The topological polar surface area (TPSA) is 79.4 Å². The zero-order valence-corrected chi connectivity index (χ0v) is 16.2. The van der Waals surface area contributed by atoms with Crippen LogP contribution in [0.1, 0.15) is 42.2 Å². The summed E-state index contributed by atoms with van der Waals surface area (Å²) in [5, 5.41) is 3.34. The van der Waals surface area contributed by atoms with Gasteiger partial charge in [-0.3, -0.25) is 24.3 Å². The first-order chi connectivity index (χ1) is 14.0. The van der Waals surface area contributed by atoms with Crippen molar-refractivity contribution >= 4 is 35.0 Å². The highest BCUT2D eigenvalue weighted by Gasteiger charge is 2.36. The third-order valence-electron chi connectivity index (χ3n) is 4.81. The van der Waals surface area contributed by atoms with Crippen LogP contribution in [-0.2, 0) is 6.54 Å². The average molecular weight is 406 g/mol. The Morgan fingerprint density at radius 1 is 1.07 bits per heavy atom. The molecule has 0 aliphatic carbocycles. The number of pyridine rings is 1. The molecule has 1 aromatic heterocycles. The second-order valence-electron chi connectivity index (χ2n) is 6.68. The molecule has 0 bridgehead atoms. The molecule has 2 heterocycles. The maximum Gasteiger partial charge on any atom is 0.261 e. The normalized spacial score (nSPS) is 12.8. The van der Waals surface area contributed by atoms with E-state index in [-0.39, 0.29) is 35.0 Å². The maximum absolute atomic E-state index is 12.8. The van der Waals surface area contributed by atoms with Gasteiger partial charge in [-0.05, 0) is 54.4 Å². The Hall–Kier alpha value is -3.51. The van der Waals surface area contributed by atoms with Gasteiger partial charge >= 0.3 is 0 Å². The molecule has 7 heteroatoms.